The molecule has 0 atom stereocenters. The molecule has 0 aliphatic carbocycles. The maximum absolute atomic E-state index is 10.5. The van der Waals surface area contributed by atoms with Gasteiger partial charge in [0.05, 0.1) is 22.8 Å². The maximum Gasteiger partial charge on any atom is 0.303 e. The van der Waals surface area contributed by atoms with Gasteiger partial charge in [0, 0.05) is 19.5 Å². The zero-order chi connectivity index (χ0) is 15.9. The molecule has 0 unspecified atom stereocenters. The number of piperidine rings is 1. The number of carbonyl (C=O) groups is 1. The molecule has 0 aromatic heterocycles. The molecular weight excluding hydrogens is 325 g/mol. The second kappa shape index (κ2) is 8.73. The molecule has 0 bridgehead atoms. The van der Waals surface area contributed by atoms with E-state index in [0.29, 0.717) is 23.1 Å². The highest BCUT2D eigenvalue weighted by atomic mass is 35.5. The van der Waals surface area contributed by atoms with E-state index in [2.05, 4.69) is 4.90 Å². The zero-order valence-corrected chi connectivity index (χ0v) is 13.9. The number of carboxylic acid groups (broad SMARTS) is 1. The van der Waals surface area contributed by atoms with Crippen LogP contribution in [0.5, 0.6) is 0 Å². The summed E-state index contributed by atoms with van der Waals surface area (Å²) >= 11 is 11.9. The lowest BCUT2D eigenvalue weighted by molar-refractivity contribution is -0.137. The summed E-state index contributed by atoms with van der Waals surface area (Å²) in [7, 11) is 0. The number of hydrogen-bond acceptors (Lipinski definition) is 3. The second-order valence-corrected chi connectivity index (χ2v) is 6.41. The number of ether oxygens (including phenoxy) is 1. The topological polar surface area (TPSA) is 49.8 Å². The van der Waals surface area contributed by atoms with Crippen LogP contribution >= 0.6 is 23.2 Å². The van der Waals surface area contributed by atoms with Crippen molar-refractivity contribution < 1.29 is 14.6 Å². The summed E-state index contributed by atoms with van der Waals surface area (Å²) in [5.74, 6) is -0.722. The van der Waals surface area contributed by atoms with E-state index in [4.69, 9.17) is 33.0 Å². The molecule has 6 heteroatoms. The van der Waals surface area contributed by atoms with Crippen molar-refractivity contribution in [1.82, 2.24) is 4.90 Å². The normalized spacial score (nSPS) is 16.8. The minimum atomic E-state index is -0.722. The molecule has 1 aromatic carbocycles. The summed E-state index contributed by atoms with van der Waals surface area (Å²) in [6, 6.07) is 5.55. The summed E-state index contributed by atoms with van der Waals surface area (Å²) in [5.41, 5.74) is 1.03. The lowest BCUT2D eigenvalue weighted by Gasteiger charge is -2.31. The Kier molecular flexibility index (Phi) is 6.96. The summed E-state index contributed by atoms with van der Waals surface area (Å²) in [6.07, 6.45) is 3.17. The van der Waals surface area contributed by atoms with E-state index in [1.165, 1.54) is 0 Å². The lowest BCUT2D eigenvalue weighted by Crippen LogP contribution is -2.37. The van der Waals surface area contributed by atoms with Crippen LogP contribution in [0, 0.1) is 0 Å². The quantitative estimate of drug-likeness (QED) is 0.815. The lowest BCUT2D eigenvalue weighted by atomic mass is 10.1. The predicted molar refractivity (Wildman–Crippen MR) is 87.6 cm³/mol. The fraction of sp³-hybridized carbons (Fsp3) is 0.562. The Labute approximate surface area is 141 Å². The van der Waals surface area contributed by atoms with Gasteiger partial charge < -0.3 is 14.7 Å². The first-order chi connectivity index (χ1) is 10.5. The fourth-order valence-corrected chi connectivity index (χ4v) is 2.92. The van der Waals surface area contributed by atoms with Gasteiger partial charge >= 0.3 is 5.97 Å². The number of halogens is 2. The van der Waals surface area contributed by atoms with Crippen molar-refractivity contribution in [3.05, 3.63) is 33.8 Å². The number of aliphatic carboxylic acids is 1. The molecule has 0 amide bonds. The molecule has 0 radical (unpaired) electrons. The van der Waals surface area contributed by atoms with Crippen molar-refractivity contribution in [3.63, 3.8) is 0 Å². The Morgan fingerprint density at radius 1 is 1.27 bits per heavy atom. The molecule has 1 aliphatic rings. The molecule has 1 fully saturated rings. The van der Waals surface area contributed by atoms with Crippen molar-refractivity contribution in [2.45, 2.75) is 38.4 Å². The highest BCUT2D eigenvalue weighted by Gasteiger charge is 2.19. The average molecular weight is 346 g/mol. The van der Waals surface area contributed by atoms with Crippen LogP contribution in [0.25, 0.3) is 0 Å². The standard InChI is InChI=1S/C16H21Cl2NO3/c17-14-4-3-12(10-15(14)18)11-22-13-5-8-19(9-6-13)7-1-2-16(20)21/h3-4,10,13H,1-2,5-9,11H2,(H,20,21). The molecule has 1 aliphatic heterocycles. The van der Waals surface area contributed by atoms with Crippen molar-refractivity contribution in [2.75, 3.05) is 19.6 Å². The van der Waals surface area contributed by atoms with Crippen molar-refractivity contribution in [2.24, 2.45) is 0 Å². The van der Waals surface area contributed by atoms with E-state index in [9.17, 15) is 4.79 Å². The van der Waals surface area contributed by atoms with Gasteiger partial charge in [-0.2, -0.15) is 0 Å². The summed E-state index contributed by atoms with van der Waals surface area (Å²) in [6.45, 7) is 3.32. The first kappa shape index (κ1) is 17.5. The van der Waals surface area contributed by atoms with Gasteiger partial charge in [0.25, 0.3) is 0 Å². The molecule has 1 saturated heterocycles. The highest BCUT2D eigenvalue weighted by Crippen LogP contribution is 2.24. The Morgan fingerprint density at radius 2 is 2.00 bits per heavy atom. The SMILES string of the molecule is O=C(O)CCCN1CCC(OCc2ccc(Cl)c(Cl)c2)CC1. The largest absolute Gasteiger partial charge is 0.481 e. The minimum Gasteiger partial charge on any atom is -0.481 e. The summed E-state index contributed by atoms with van der Waals surface area (Å²) in [5, 5.41) is 9.75. The highest BCUT2D eigenvalue weighted by molar-refractivity contribution is 6.42. The van der Waals surface area contributed by atoms with Crippen LogP contribution in [0.1, 0.15) is 31.2 Å². The van der Waals surface area contributed by atoms with E-state index in [1.54, 1.807) is 6.07 Å². The third kappa shape index (κ3) is 5.76. The molecule has 1 heterocycles. The molecule has 2 rings (SSSR count). The Balaban J connectivity index is 1.66. The molecule has 0 spiro atoms. The molecule has 1 N–H and O–H groups in total. The molecular formula is C16H21Cl2NO3. The van der Waals surface area contributed by atoms with Crippen LogP contribution in [0.15, 0.2) is 18.2 Å². The third-order valence-corrected chi connectivity index (χ3v) is 4.61. The van der Waals surface area contributed by atoms with Crippen LogP contribution in [0.2, 0.25) is 10.0 Å². The molecule has 22 heavy (non-hydrogen) atoms. The number of benzene rings is 1. The van der Waals surface area contributed by atoms with Crippen LogP contribution in [0.4, 0.5) is 0 Å². The van der Waals surface area contributed by atoms with Gasteiger partial charge in [0.2, 0.25) is 0 Å². The van der Waals surface area contributed by atoms with E-state index in [1.807, 2.05) is 12.1 Å². The monoisotopic (exact) mass is 345 g/mol. The van der Waals surface area contributed by atoms with E-state index >= 15 is 0 Å². The first-order valence-electron chi connectivity index (χ1n) is 7.54. The first-order valence-corrected chi connectivity index (χ1v) is 8.30. The van der Waals surface area contributed by atoms with Gasteiger partial charge in [-0.05, 0) is 43.5 Å². The number of carboxylic acids is 1. The van der Waals surface area contributed by atoms with Crippen LogP contribution in [0.3, 0.4) is 0 Å². The molecule has 0 saturated carbocycles. The van der Waals surface area contributed by atoms with Gasteiger partial charge in [0.1, 0.15) is 0 Å². The van der Waals surface area contributed by atoms with Crippen molar-refractivity contribution in [3.8, 4) is 0 Å². The second-order valence-electron chi connectivity index (χ2n) is 5.60. The smallest absolute Gasteiger partial charge is 0.303 e. The van der Waals surface area contributed by atoms with Gasteiger partial charge in [-0.25, -0.2) is 0 Å². The summed E-state index contributed by atoms with van der Waals surface area (Å²) < 4.78 is 5.93. The van der Waals surface area contributed by atoms with Crippen molar-refractivity contribution >= 4 is 29.2 Å². The molecule has 122 valence electrons. The van der Waals surface area contributed by atoms with Gasteiger partial charge in [0.15, 0.2) is 0 Å². The zero-order valence-electron chi connectivity index (χ0n) is 12.4. The van der Waals surface area contributed by atoms with Crippen LogP contribution in [-0.4, -0.2) is 41.7 Å². The van der Waals surface area contributed by atoms with Gasteiger partial charge in [-0.1, -0.05) is 29.3 Å². The Hall–Kier alpha value is -0.810. The number of nitrogens with zero attached hydrogens (tertiary/aromatic N) is 1. The van der Waals surface area contributed by atoms with E-state index < -0.39 is 5.97 Å². The Morgan fingerprint density at radius 3 is 2.64 bits per heavy atom. The van der Waals surface area contributed by atoms with Crippen molar-refractivity contribution in [1.29, 1.82) is 0 Å². The Bertz CT molecular complexity index is 502. The number of likely N-dealkylation sites (tertiary alicyclic amines) is 1. The van der Waals surface area contributed by atoms with Crippen LogP contribution < -0.4 is 0 Å². The number of rotatable bonds is 7. The minimum absolute atomic E-state index is 0.244. The van der Waals surface area contributed by atoms with E-state index in [0.717, 1.165) is 38.0 Å². The van der Waals surface area contributed by atoms with Crippen LogP contribution in [-0.2, 0) is 16.1 Å². The van der Waals surface area contributed by atoms with Gasteiger partial charge in [-0.15, -0.1) is 0 Å². The fourth-order valence-electron chi connectivity index (χ4n) is 2.60. The summed E-state index contributed by atoms with van der Waals surface area (Å²) in [4.78, 5) is 12.8. The molecule has 4 nitrogen and oxygen atoms in total. The maximum atomic E-state index is 10.5. The predicted octanol–water partition coefficient (Wildman–Crippen LogP) is 3.84. The van der Waals surface area contributed by atoms with E-state index in [-0.39, 0.29) is 12.5 Å². The van der Waals surface area contributed by atoms with Gasteiger partial charge in [-0.3, -0.25) is 4.79 Å². The average Bonchev–Trinajstić information content (AvgIpc) is 2.49. The molecule has 1 aromatic rings. The third-order valence-electron chi connectivity index (χ3n) is 3.87. The number of hydrogen-bond donors (Lipinski definition) is 1.